The minimum absolute atomic E-state index is 0.102. The molecule has 1 aromatic heterocycles. The first kappa shape index (κ1) is 17.3. The van der Waals surface area contributed by atoms with E-state index in [4.69, 9.17) is 0 Å². The van der Waals surface area contributed by atoms with Gasteiger partial charge in [0.1, 0.15) is 6.54 Å². The average molecular weight is 352 g/mol. The highest BCUT2D eigenvalue weighted by molar-refractivity contribution is 5.81. The lowest BCUT2D eigenvalue weighted by Crippen LogP contribution is -2.34. The van der Waals surface area contributed by atoms with Crippen LogP contribution in [0.3, 0.4) is 0 Å². The first-order valence-electron chi connectivity index (χ1n) is 7.93. The molecule has 8 heteroatoms. The highest BCUT2D eigenvalue weighted by Crippen LogP contribution is 2.16. The third kappa shape index (κ3) is 3.59. The molecule has 1 amide bonds. The number of nitro groups is 1. The first-order valence-corrected chi connectivity index (χ1v) is 7.93. The van der Waals surface area contributed by atoms with Crippen molar-refractivity contribution in [3.8, 4) is 0 Å². The van der Waals surface area contributed by atoms with E-state index in [2.05, 4.69) is 10.3 Å². The van der Waals surface area contributed by atoms with Gasteiger partial charge in [-0.2, -0.15) is 0 Å². The normalized spacial score (nSPS) is 11.9. The third-order valence-electron chi connectivity index (χ3n) is 4.01. The van der Waals surface area contributed by atoms with Crippen LogP contribution >= 0.6 is 0 Å². The van der Waals surface area contributed by atoms with E-state index in [0.29, 0.717) is 5.52 Å². The molecule has 0 saturated heterocycles. The number of rotatable bonds is 5. The van der Waals surface area contributed by atoms with Gasteiger partial charge in [0.2, 0.25) is 5.91 Å². The molecular weight excluding hydrogens is 336 g/mol. The number of amides is 1. The highest BCUT2D eigenvalue weighted by Gasteiger charge is 2.14. The predicted molar refractivity (Wildman–Crippen MR) is 95.7 cm³/mol. The molecule has 1 heterocycles. The summed E-state index contributed by atoms with van der Waals surface area (Å²) in [5.74, 6) is -0.352. The summed E-state index contributed by atoms with van der Waals surface area (Å²) in [4.78, 5) is 39.2. The molecule has 1 N–H and O–H groups in total. The Morgan fingerprint density at radius 2 is 2.00 bits per heavy atom. The standard InChI is InChI=1S/C18H16N4O4/c1-12(13-5-3-2-4-6-13)20-17(23)10-21-11-19-16-8-7-14(22(25)26)9-15(16)18(21)24/h2-9,11-12H,10H2,1H3,(H,20,23)/t12-/m1/s1. The number of hydrogen-bond acceptors (Lipinski definition) is 5. The molecule has 0 fully saturated rings. The molecular formula is C18H16N4O4. The molecule has 2 aromatic carbocycles. The second-order valence-corrected chi connectivity index (χ2v) is 5.84. The molecule has 0 saturated carbocycles. The van der Waals surface area contributed by atoms with Crippen molar-refractivity contribution in [3.63, 3.8) is 0 Å². The molecule has 8 nitrogen and oxygen atoms in total. The maximum Gasteiger partial charge on any atom is 0.270 e. The van der Waals surface area contributed by atoms with Crippen molar-refractivity contribution >= 4 is 22.5 Å². The fraction of sp³-hybridized carbons (Fsp3) is 0.167. The van der Waals surface area contributed by atoms with Gasteiger partial charge < -0.3 is 5.32 Å². The minimum atomic E-state index is -0.579. The van der Waals surface area contributed by atoms with Gasteiger partial charge in [0, 0.05) is 12.1 Å². The summed E-state index contributed by atoms with van der Waals surface area (Å²) in [6, 6.07) is 13.1. The minimum Gasteiger partial charge on any atom is -0.348 e. The van der Waals surface area contributed by atoms with E-state index in [1.165, 1.54) is 24.5 Å². The number of non-ortho nitro benzene ring substituents is 1. The Morgan fingerprint density at radius 3 is 2.69 bits per heavy atom. The summed E-state index contributed by atoms with van der Waals surface area (Å²) in [5.41, 5.74) is 0.591. The number of hydrogen-bond donors (Lipinski definition) is 1. The number of aromatic nitrogens is 2. The summed E-state index contributed by atoms with van der Waals surface area (Å²) in [5, 5.41) is 13.8. The summed E-state index contributed by atoms with van der Waals surface area (Å²) >= 11 is 0. The van der Waals surface area contributed by atoms with Crippen molar-refractivity contribution in [3.05, 3.63) is 80.9 Å². The number of carbonyl (C=O) groups is 1. The molecule has 0 unspecified atom stereocenters. The lowest BCUT2D eigenvalue weighted by atomic mass is 10.1. The molecule has 26 heavy (non-hydrogen) atoms. The summed E-state index contributed by atoms with van der Waals surface area (Å²) < 4.78 is 1.14. The van der Waals surface area contributed by atoms with Gasteiger partial charge in [-0.1, -0.05) is 30.3 Å². The van der Waals surface area contributed by atoms with Crippen LogP contribution in [0.25, 0.3) is 10.9 Å². The monoisotopic (exact) mass is 352 g/mol. The number of nitro benzene ring substituents is 1. The van der Waals surface area contributed by atoms with Gasteiger partial charge in [0.05, 0.1) is 28.2 Å². The number of carbonyl (C=O) groups excluding carboxylic acids is 1. The Bertz CT molecular complexity index is 1030. The molecule has 132 valence electrons. The third-order valence-corrected chi connectivity index (χ3v) is 4.01. The van der Waals surface area contributed by atoms with Crippen LogP contribution in [0.5, 0.6) is 0 Å². The Morgan fingerprint density at radius 1 is 1.27 bits per heavy atom. The summed E-state index contributed by atoms with van der Waals surface area (Å²) in [6.07, 6.45) is 1.27. The Balaban J connectivity index is 1.82. The van der Waals surface area contributed by atoms with Gasteiger partial charge in [-0.3, -0.25) is 24.3 Å². The van der Waals surface area contributed by atoms with E-state index >= 15 is 0 Å². The maximum atomic E-state index is 12.5. The van der Waals surface area contributed by atoms with Crippen LogP contribution in [0.4, 0.5) is 5.69 Å². The van der Waals surface area contributed by atoms with Gasteiger partial charge in [0.15, 0.2) is 0 Å². The SMILES string of the molecule is C[C@@H](NC(=O)Cn1cnc2ccc([N+](=O)[O-])cc2c1=O)c1ccccc1. The van der Waals surface area contributed by atoms with E-state index < -0.39 is 10.5 Å². The van der Waals surface area contributed by atoms with Crippen LogP contribution in [0, 0.1) is 10.1 Å². The largest absolute Gasteiger partial charge is 0.348 e. The fourth-order valence-electron chi connectivity index (χ4n) is 2.64. The highest BCUT2D eigenvalue weighted by atomic mass is 16.6. The van der Waals surface area contributed by atoms with Crippen molar-refractivity contribution in [2.45, 2.75) is 19.5 Å². The van der Waals surface area contributed by atoms with E-state index in [0.717, 1.165) is 10.1 Å². The second-order valence-electron chi connectivity index (χ2n) is 5.84. The summed E-state index contributed by atoms with van der Waals surface area (Å²) in [6.45, 7) is 1.62. The van der Waals surface area contributed by atoms with E-state index in [1.54, 1.807) is 0 Å². The zero-order chi connectivity index (χ0) is 18.7. The van der Waals surface area contributed by atoms with Crippen molar-refractivity contribution < 1.29 is 9.72 Å². The Hall–Kier alpha value is -3.55. The number of benzene rings is 2. The lowest BCUT2D eigenvalue weighted by Gasteiger charge is -2.15. The van der Waals surface area contributed by atoms with Crippen LogP contribution in [-0.4, -0.2) is 20.4 Å². The lowest BCUT2D eigenvalue weighted by molar-refractivity contribution is -0.384. The molecule has 0 aliphatic heterocycles. The van der Waals surface area contributed by atoms with Crippen LogP contribution in [-0.2, 0) is 11.3 Å². The number of fused-ring (bicyclic) bond motifs is 1. The predicted octanol–water partition coefficient (Wildman–Crippen LogP) is 2.18. The molecule has 0 radical (unpaired) electrons. The van der Waals surface area contributed by atoms with Gasteiger partial charge in [-0.05, 0) is 18.6 Å². The van der Waals surface area contributed by atoms with E-state index in [9.17, 15) is 19.7 Å². The molecule has 0 spiro atoms. The molecule has 3 aromatic rings. The smallest absolute Gasteiger partial charge is 0.270 e. The molecule has 0 aliphatic carbocycles. The molecule has 0 aliphatic rings. The number of nitrogens with one attached hydrogen (secondary N) is 1. The second kappa shape index (κ2) is 7.14. The van der Waals surface area contributed by atoms with Crippen molar-refractivity contribution in [1.29, 1.82) is 0 Å². The van der Waals surface area contributed by atoms with Gasteiger partial charge in [-0.15, -0.1) is 0 Å². The maximum absolute atomic E-state index is 12.5. The first-order chi connectivity index (χ1) is 12.5. The van der Waals surface area contributed by atoms with Gasteiger partial charge in [0.25, 0.3) is 11.2 Å². The Kier molecular flexibility index (Phi) is 4.74. The van der Waals surface area contributed by atoms with Gasteiger partial charge >= 0.3 is 0 Å². The molecule has 1 atom stereocenters. The van der Waals surface area contributed by atoms with Crippen molar-refractivity contribution in [1.82, 2.24) is 14.9 Å². The Labute approximate surface area is 148 Å². The van der Waals surface area contributed by atoms with Crippen LogP contribution < -0.4 is 10.9 Å². The average Bonchev–Trinajstić information content (AvgIpc) is 2.64. The molecule has 3 rings (SSSR count). The van der Waals surface area contributed by atoms with E-state index in [-0.39, 0.29) is 29.6 Å². The van der Waals surface area contributed by atoms with Crippen LogP contribution in [0.2, 0.25) is 0 Å². The quantitative estimate of drug-likeness (QED) is 0.559. The van der Waals surface area contributed by atoms with Crippen molar-refractivity contribution in [2.24, 2.45) is 0 Å². The fourth-order valence-corrected chi connectivity index (χ4v) is 2.64. The van der Waals surface area contributed by atoms with Crippen LogP contribution in [0.1, 0.15) is 18.5 Å². The zero-order valence-electron chi connectivity index (χ0n) is 14.0. The van der Waals surface area contributed by atoms with E-state index in [1.807, 2.05) is 37.3 Å². The number of nitrogens with zero attached hydrogens (tertiary/aromatic N) is 3. The topological polar surface area (TPSA) is 107 Å². The molecule has 0 bridgehead atoms. The van der Waals surface area contributed by atoms with Crippen molar-refractivity contribution in [2.75, 3.05) is 0 Å². The van der Waals surface area contributed by atoms with Gasteiger partial charge in [-0.25, -0.2) is 4.98 Å². The van der Waals surface area contributed by atoms with Crippen LogP contribution in [0.15, 0.2) is 59.7 Å². The summed E-state index contributed by atoms with van der Waals surface area (Å²) in [7, 11) is 0. The zero-order valence-corrected chi connectivity index (χ0v) is 14.0.